The summed E-state index contributed by atoms with van der Waals surface area (Å²) in [6.45, 7) is 3.17. The molecule has 0 aliphatic carbocycles. The minimum atomic E-state index is -0.591. The molecule has 0 aliphatic rings. The van der Waals surface area contributed by atoms with Gasteiger partial charge in [0.1, 0.15) is 12.4 Å². The van der Waals surface area contributed by atoms with E-state index < -0.39 is 6.10 Å². The van der Waals surface area contributed by atoms with Gasteiger partial charge >= 0.3 is 0 Å². The maximum atomic E-state index is 10.2. The molecule has 4 rings (SSSR count). The van der Waals surface area contributed by atoms with Gasteiger partial charge in [0, 0.05) is 12.3 Å². The molecule has 1 unspecified atom stereocenters. The van der Waals surface area contributed by atoms with Gasteiger partial charge in [-0.2, -0.15) is 0 Å². The summed E-state index contributed by atoms with van der Waals surface area (Å²) in [5, 5.41) is 19.7. The lowest BCUT2D eigenvalue weighted by Crippen LogP contribution is -2.20. The van der Waals surface area contributed by atoms with Gasteiger partial charge in [-0.15, -0.1) is 10.2 Å². The molecule has 2 heterocycles. The van der Waals surface area contributed by atoms with Crippen LogP contribution in [0, 0.1) is 0 Å². The van der Waals surface area contributed by atoms with Crippen LogP contribution in [0.5, 0.6) is 5.75 Å². The zero-order chi connectivity index (χ0) is 17.9. The number of aliphatic hydroxyl groups excluding tert-OH is 1. The topological polar surface area (TPSA) is 64.6 Å². The van der Waals surface area contributed by atoms with Crippen LogP contribution in [-0.2, 0) is 6.54 Å². The first-order chi connectivity index (χ1) is 12.8. The largest absolute Gasteiger partial charge is 0.491 e. The zero-order valence-electron chi connectivity index (χ0n) is 14.4. The van der Waals surface area contributed by atoms with E-state index in [-0.39, 0.29) is 6.61 Å². The van der Waals surface area contributed by atoms with Crippen molar-refractivity contribution >= 4 is 28.6 Å². The molecule has 1 atom stereocenters. The van der Waals surface area contributed by atoms with Crippen molar-refractivity contribution in [3.63, 3.8) is 0 Å². The number of ether oxygens (including phenoxy) is 1. The third-order valence-corrected chi connectivity index (χ3v) is 5.25. The first-order valence-corrected chi connectivity index (χ1v) is 9.57. The molecular formula is C19H20N4O2S. The van der Waals surface area contributed by atoms with Gasteiger partial charge in [0.15, 0.2) is 5.16 Å². The van der Waals surface area contributed by atoms with E-state index >= 15 is 0 Å². The summed E-state index contributed by atoms with van der Waals surface area (Å²) < 4.78 is 9.80. The number of imidazole rings is 1. The van der Waals surface area contributed by atoms with E-state index in [0.29, 0.717) is 5.75 Å². The second-order valence-electron chi connectivity index (χ2n) is 5.94. The number of hydrogen-bond donors (Lipinski definition) is 1. The van der Waals surface area contributed by atoms with Crippen LogP contribution in [-0.4, -0.2) is 42.7 Å². The van der Waals surface area contributed by atoms with Crippen LogP contribution in [0.3, 0.4) is 0 Å². The normalized spacial score (nSPS) is 12.7. The third kappa shape index (κ3) is 3.15. The molecule has 7 heteroatoms. The molecule has 134 valence electrons. The predicted octanol–water partition coefficient (Wildman–Crippen LogP) is 3.24. The van der Waals surface area contributed by atoms with Crippen LogP contribution in [0.25, 0.3) is 16.8 Å². The molecule has 26 heavy (non-hydrogen) atoms. The second kappa shape index (κ2) is 7.39. The number of fused-ring (bicyclic) bond motifs is 3. The second-order valence-corrected chi connectivity index (χ2v) is 6.93. The molecule has 0 fully saturated rings. The van der Waals surface area contributed by atoms with Gasteiger partial charge in [-0.05, 0) is 31.2 Å². The Morgan fingerprint density at radius 1 is 1.04 bits per heavy atom. The molecule has 0 bridgehead atoms. The number of nitrogens with zero attached hydrogens (tertiary/aromatic N) is 4. The summed E-state index contributed by atoms with van der Waals surface area (Å²) >= 11 is 1.48. The molecule has 0 aliphatic heterocycles. The smallest absolute Gasteiger partial charge is 0.237 e. The maximum Gasteiger partial charge on any atom is 0.237 e. The molecule has 2 aromatic carbocycles. The van der Waals surface area contributed by atoms with Crippen LogP contribution in [0.2, 0.25) is 0 Å². The molecule has 0 amide bonds. The standard InChI is InChI=1S/C19H20N4O2S/c1-2-22-16-10-6-7-11-17(16)23-18(22)20-21-19(23)26-13-14(24)12-25-15-8-4-3-5-9-15/h3-11,14,24H,2,12-13H2,1H3. The van der Waals surface area contributed by atoms with Gasteiger partial charge in [-0.25, -0.2) is 0 Å². The van der Waals surface area contributed by atoms with Gasteiger partial charge in [-0.3, -0.25) is 4.40 Å². The van der Waals surface area contributed by atoms with Crippen molar-refractivity contribution in [2.24, 2.45) is 0 Å². The number of aromatic nitrogens is 4. The Labute approximate surface area is 155 Å². The Morgan fingerprint density at radius 3 is 2.54 bits per heavy atom. The fourth-order valence-corrected chi connectivity index (χ4v) is 3.82. The summed E-state index contributed by atoms with van der Waals surface area (Å²) in [4.78, 5) is 0. The van der Waals surface area contributed by atoms with E-state index in [1.165, 1.54) is 11.8 Å². The van der Waals surface area contributed by atoms with Crippen molar-refractivity contribution in [1.29, 1.82) is 0 Å². The van der Waals surface area contributed by atoms with E-state index in [2.05, 4.69) is 33.8 Å². The molecule has 0 radical (unpaired) electrons. The Kier molecular flexibility index (Phi) is 4.81. The predicted molar refractivity (Wildman–Crippen MR) is 103 cm³/mol. The van der Waals surface area contributed by atoms with Gasteiger partial charge in [-0.1, -0.05) is 42.1 Å². The van der Waals surface area contributed by atoms with Crippen molar-refractivity contribution in [1.82, 2.24) is 19.2 Å². The van der Waals surface area contributed by atoms with E-state index in [9.17, 15) is 5.11 Å². The van der Waals surface area contributed by atoms with E-state index in [0.717, 1.165) is 34.3 Å². The molecular weight excluding hydrogens is 348 g/mol. The third-order valence-electron chi connectivity index (χ3n) is 4.18. The average Bonchev–Trinajstić information content (AvgIpc) is 3.23. The van der Waals surface area contributed by atoms with Gasteiger partial charge in [0.25, 0.3) is 0 Å². The number of aliphatic hydroxyl groups is 1. The average molecular weight is 368 g/mol. The number of hydrogen-bond acceptors (Lipinski definition) is 5. The number of para-hydroxylation sites is 3. The van der Waals surface area contributed by atoms with Crippen molar-refractivity contribution in [3.8, 4) is 5.75 Å². The van der Waals surface area contributed by atoms with Gasteiger partial charge < -0.3 is 14.4 Å². The van der Waals surface area contributed by atoms with Crippen molar-refractivity contribution in [2.75, 3.05) is 12.4 Å². The fourth-order valence-electron chi connectivity index (χ4n) is 2.97. The Bertz CT molecular complexity index is 1010. The molecule has 0 spiro atoms. The Balaban J connectivity index is 1.49. The number of rotatable bonds is 7. The SMILES string of the molecule is CCn1c2ccccc2n2c(SCC(O)COc3ccccc3)nnc12. The number of benzene rings is 2. The Morgan fingerprint density at radius 2 is 1.77 bits per heavy atom. The van der Waals surface area contributed by atoms with E-state index in [1.807, 2.05) is 46.9 Å². The highest BCUT2D eigenvalue weighted by molar-refractivity contribution is 7.99. The zero-order valence-corrected chi connectivity index (χ0v) is 15.3. The van der Waals surface area contributed by atoms with Crippen molar-refractivity contribution in [3.05, 3.63) is 54.6 Å². The molecule has 1 N–H and O–H groups in total. The quantitative estimate of drug-likeness (QED) is 0.507. The molecule has 0 saturated heterocycles. The lowest BCUT2D eigenvalue weighted by atomic mass is 10.3. The first kappa shape index (κ1) is 16.9. The van der Waals surface area contributed by atoms with E-state index in [4.69, 9.17) is 4.74 Å². The van der Waals surface area contributed by atoms with Crippen LogP contribution in [0.1, 0.15) is 6.92 Å². The lowest BCUT2D eigenvalue weighted by Gasteiger charge is -2.11. The Hall–Kier alpha value is -2.51. The lowest BCUT2D eigenvalue weighted by molar-refractivity contribution is 0.126. The fraction of sp³-hybridized carbons (Fsp3) is 0.263. The summed E-state index contributed by atoms with van der Waals surface area (Å²) in [6, 6.07) is 17.7. The highest BCUT2D eigenvalue weighted by atomic mass is 32.2. The molecule has 6 nitrogen and oxygen atoms in total. The van der Waals surface area contributed by atoms with Crippen LogP contribution in [0.4, 0.5) is 0 Å². The minimum absolute atomic E-state index is 0.246. The highest BCUT2D eigenvalue weighted by Gasteiger charge is 2.17. The minimum Gasteiger partial charge on any atom is -0.491 e. The van der Waals surface area contributed by atoms with Crippen LogP contribution < -0.4 is 4.74 Å². The monoisotopic (exact) mass is 368 g/mol. The summed E-state index contributed by atoms with van der Waals surface area (Å²) in [5.74, 6) is 2.07. The van der Waals surface area contributed by atoms with Crippen LogP contribution in [0.15, 0.2) is 59.8 Å². The van der Waals surface area contributed by atoms with Gasteiger partial charge in [0.2, 0.25) is 5.78 Å². The molecule has 0 saturated carbocycles. The number of thioether (sulfide) groups is 1. The summed E-state index contributed by atoms with van der Waals surface area (Å²) in [6.07, 6.45) is -0.591. The van der Waals surface area contributed by atoms with E-state index in [1.54, 1.807) is 0 Å². The number of aryl methyl sites for hydroxylation is 1. The van der Waals surface area contributed by atoms with Crippen molar-refractivity contribution in [2.45, 2.75) is 24.7 Å². The van der Waals surface area contributed by atoms with Gasteiger partial charge in [0.05, 0.1) is 17.1 Å². The molecule has 4 aromatic rings. The molecule has 2 aromatic heterocycles. The van der Waals surface area contributed by atoms with Crippen molar-refractivity contribution < 1.29 is 9.84 Å². The maximum absolute atomic E-state index is 10.2. The summed E-state index contributed by atoms with van der Waals surface area (Å²) in [7, 11) is 0. The summed E-state index contributed by atoms with van der Waals surface area (Å²) in [5.41, 5.74) is 2.21. The first-order valence-electron chi connectivity index (χ1n) is 8.59. The highest BCUT2D eigenvalue weighted by Crippen LogP contribution is 2.26. The van der Waals surface area contributed by atoms with Crippen LogP contribution >= 0.6 is 11.8 Å².